The number of hydrogen-bond donors (Lipinski definition) is 2. The molecule has 0 heterocycles. The van der Waals surface area contributed by atoms with Gasteiger partial charge in [-0.3, -0.25) is 4.79 Å². The molecule has 0 aromatic heterocycles. The minimum absolute atomic E-state index is 0. The van der Waals surface area contributed by atoms with Gasteiger partial charge in [0.1, 0.15) is 0 Å². The van der Waals surface area contributed by atoms with Crippen molar-refractivity contribution in [1.82, 2.24) is 5.32 Å². The quantitative estimate of drug-likeness (QED) is 0.709. The second-order valence-electron chi connectivity index (χ2n) is 4.70. The van der Waals surface area contributed by atoms with Crippen LogP contribution in [0.3, 0.4) is 0 Å². The lowest BCUT2D eigenvalue weighted by Gasteiger charge is -2.28. The zero-order chi connectivity index (χ0) is 11.1. The van der Waals surface area contributed by atoms with Crippen molar-refractivity contribution < 1.29 is 4.79 Å². The Balaban J connectivity index is 0.00000225. The van der Waals surface area contributed by atoms with Crippen LogP contribution in [-0.4, -0.2) is 18.0 Å². The van der Waals surface area contributed by atoms with E-state index in [4.69, 9.17) is 5.73 Å². The minimum atomic E-state index is -0.0662. The van der Waals surface area contributed by atoms with Gasteiger partial charge in [0, 0.05) is 13.0 Å². The highest BCUT2D eigenvalue weighted by molar-refractivity contribution is 5.85. The number of carbonyl (C=O) groups excluding carboxylic acids is 1. The first kappa shape index (κ1) is 15.7. The zero-order valence-corrected chi connectivity index (χ0v) is 11.1. The third-order valence-corrected chi connectivity index (χ3v) is 3.36. The first-order chi connectivity index (χ1) is 7.22. The summed E-state index contributed by atoms with van der Waals surface area (Å²) in [4.78, 5) is 11.7. The van der Waals surface area contributed by atoms with Gasteiger partial charge >= 0.3 is 0 Å². The average Bonchev–Trinajstić information content (AvgIpc) is 2.67. The number of unbranched alkanes of at least 4 members (excludes halogenated alkanes) is 2. The molecule has 0 radical (unpaired) electrons. The molecule has 1 aliphatic carbocycles. The maximum atomic E-state index is 11.7. The Kier molecular flexibility index (Phi) is 7.77. The molecule has 4 heteroatoms. The topological polar surface area (TPSA) is 55.1 Å². The molecule has 3 N–H and O–H groups in total. The third kappa shape index (κ3) is 4.71. The van der Waals surface area contributed by atoms with Gasteiger partial charge in [-0.25, -0.2) is 0 Å². The van der Waals surface area contributed by atoms with Gasteiger partial charge in [-0.05, 0) is 19.3 Å². The van der Waals surface area contributed by atoms with E-state index in [9.17, 15) is 4.79 Å². The van der Waals surface area contributed by atoms with Gasteiger partial charge in [-0.2, -0.15) is 0 Å². The summed E-state index contributed by atoms with van der Waals surface area (Å²) in [6.45, 7) is 2.74. The average molecular weight is 249 g/mol. The molecule has 0 aliphatic heterocycles. The zero-order valence-electron chi connectivity index (χ0n) is 10.3. The molecule has 96 valence electrons. The van der Waals surface area contributed by atoms with Crippen molar-refractivity contribution >= 4 is 18.3 Å². The fourth-order valence-corrected chi connectivity index (χ4v) is 2.33. The predicted molar refractivity (Wildman–Crippen MR) is 69.8 cm³/mol. The van der Waals surface area contributed by atoms with Gasteiger partial charge in [0.15, 0.2) is 0 Å². The summed E-state index contributed by atoms with van der Waals surface area (Å²) in [6, 6.07) is 0. The number of hydrogen-bond acceptors (Lipinski definition) is 2. The fraction of sp³-hybridized carbons (Fsp3) is 0.917. The molecule has 3 nitrogen and oxygen atoms in total. The third-order valence-electron chi connectivity index (χ3n) is 3.36. The SMILES string of the molecule is CCCCCC(=O)NC1(CN)CCCC1.Cl. The van der Waals surface area contributed by atoms with Crippen LogP contribution in [0.4, 0.5) is 0 Å². The molecule has 0 aromatic carbocycles. The number of rotatable bonds is 6. The standard InChI is InChI=1S/C12H24N2O.ClH/c1-2-3-4-7-11(15)14-12(10-13)8-5-6-9-12;/h2-10,13H2,1H3,(H,14,15);1H. The number of amides is 1. The Hall–Kier alpha value is -0.280. The van der Waals surface area contributed by atoms with Crippen molar-refractivity contribution in [1.29, 1.82) is 0 Å². The number of carbonyl (C=O) groups is 1. The maximum Gasteiger partial charge on any atom is 0.220 e. The summed E-state index contributed by atoms with van der Waals surface area (Å²) in [5, 5.41) is 3.14. The lowest BCUT2D eigenvalue weighted by Crippen LogP contribution is -2.51. The van der Waals surface area contributed by atoms with Gasteiger partial charge in [0.05, 0.1) is 5.54 Å². The van der Waals surface area contributed by atoms with Crippen molar-refractivity contribution in [2.24, 2.45) is 5.73 Å². The Morgan fingerprint density at radius 2 is 1.94 bits per heavy atom. The molecular weight excluding hydrogens is 224 g/mol. The predicted octanol–water partition coefficient (Wildman–Crippen LogP) is 2.38. The maximum absolute atomic E-state index is 11.7. The highest BCUT2D eigenvalue weighted by Crippen LogP contribution is 2.28. The van der Waals surface area contributed by atoms with Crippen LogP contribution >= 0.6 is 12.4 Å². The van der Waals surface area contributed by atoms with Crippen molar-refractivity contribution in [2.45, 2.75) is 63.8 Å². The summed E-state index contributed by atoms with van der Waals surface area (Å²) in [5.41, 5.74) is 5.69. The van der Waals surface area contributed by atoms with Crippen LogP contribution < -0.4 is 11.1 Å². The molecule has 1 amide bonds. The highest BCUT2D eigenvalue weighted by Gasteiger charge is 2.33. The Labute approximate surface area is 105 Å². The number of nitrogens with two attached hydrogens (primary N) is 1. The molecular formula is C12H25ClN2O. The van der Waals surface area contributed by atoms with Crippen molar-refractivity contribution in [3.8, 4) is 0 Å². The minimum Gasteiger partial charge on any atom is -0.349 e. The van der Waals surface area contributed by atoms with E-state index < -0.39 is 0 Å². The normalized spacial score (nSPS) is 17.9. The number of halogens is 1. The van der Waals surface area contributed by atoms with Gasteiger partial charge in [-0.1, -0.05) is 32.6 Å². The van der Waals surface area contributed by atoms with Gasteiger partial charge < -0.3 is 11.1 Å². The van der Waals surface area contributed by atoms with Gasteiger partial charge in [-0.15, -0.1) is 12.4 Å². The summed E-state index contributed by atoms with van der Waals surface area (Å²) >= 11 is 0. The first-order valence-electron chi connectivity index (χ1n) is 6.23. The molecule has 0 saturated heterocycles. The summed E-state index contributed by atoms with van der Waals surface area (Å²) in [7, 11) is 0. The van der Waals surface area contributed by atoms with Gasteiger partial charge in [0.2, 0.25) is 5.91 Å². The summed E-state index contributed by atoms with van der Waals surface area (Å²) in [5.74, 6) is 0.191. The summed E-state index contributed by atoms with van der Waals surface area (Å²) in [6.07, 6.45) is 8.49. The van der Waals surface area contributed by atoms with Crippen molar-refractivity contribution in [2.75, 3.05) is 6.54 Å². The monoisotopic (exact) mass is 248 g/mol. The Bertz CT molecular complexity index is 203. The van der Waals surface area contributed by atoms with E-state index in [1.807, 2.05) is 0 Å². The Morgan fingerprint density at radius 3 is 2.44 bits per heavy atom. The molecule has 0 atom stereocenters. The van der Waals surface area contributed by atoms with E-state index in [0.29, 0.717) is 13.0 Å². The molecule has 1 rings (SSSR count). The molecule has 0 spiro atoms. The molecule has 16 heavy (non-hydrogen) atoms. The Morgan fingerprint density at radius 1 is 1.31 bits per heavy atom. The van der Waals surface area contributed by atoms with Crippen LogP contribution in [0.25, 0.3) is 0 Å². The first-order valence-corrected chi connectivity index (χ1v) is 6.23. The number of nitrogens with one attached hydrogen (secondary N) is 1. The fourth-order valence-electron chi connectivity index (χ4n) is 2.33. The van der Waals surface area contributed by atoms with Crippen LogP contribution in [0.1, 0.15) is 58.3 Å². The van der Waals surface area contributed by atoms with Gasteiger partial charge in [0.25, 0.3) is 0 Å². The van der Waals surface area contributed by atoms with E-state index in [-0.39, 0.29) is 23.9 Å². The second kappa shape index (κ2) is 7.91. The molecule has 1 aliphatic rings. The molecule has 0 bridgehead atoms. The van der Waals surface area contributed by atoms with Crippen LogP contribution in [0.15, 0.2) is 0 Å². The van der Waals surface area contributed by atoms with E-state index in [0.717, 1.165) is 32.1 Å². The second-order valence-corrected chi connectivity index (χ2v) is 4.70. The van der Waals surface area contributed by atoms with Crippen molar-refractivity contribution in [3.63, 3.8) is 0 Å². The lowest BCUT2D eigenvalue weighted by molar-refractivity contribution is -0.123. The molecule has 1 fully saturated rings. The van der Waals surface area contributed by atoms with E-state index in [1.54, 1.807) is 0 Å². The van der Waals surface area contributed by atoms with Crippen LogP contribution in [0, 0.1) is 0 Å². The largest absolute Gasteiger partial charge is 0.349 e. The molecule has 0 aromatic rings. The molecule has 0 unspecified atom stereocenters. The van der Waals surface area contributed by atoms with E-state index >= 15 is 0 Å². The van der Waals surface area contributed by atoms with E-state index in [1.165, 1.54) is 12.8 Å². The highest BCUT2D eigenvalue weighted by atomic mass is 35.5. The van der Waals surface area contributed by atoms with Crippen LogP contribution in [0.2, 0.25) is 0 Å². The van der Waals surface area contributed by atoms with Crippen LogP contribution in [-0.2, 0) is 4.79 Å². The lowest BCUT2D eigenvalue weighted by atomic mass is 9.97. The van der Waals surface area contributed by atoms with Crippen LogP contribution in [0.5, 0.6) is 0 Å². The van der Waals surface area contributed by atoms with E-state index in [2.05, 4.69) is 12.2 Å². The smallest absolute Gasteiger partial charge is 0.220 e. The summed E-state index contributed by atoms with van der Waals surface area (Å²) < 4.78 is 0. The van der Waals surface area contributed by atoms with Crippen molar-refractivity contribution in [3.05, 3.63) is 0 Å². The molecule has 1 saturated carbocycles.